The molecule has 4 aliphatic rings. The zero-order valence-corrected chi connectivity index (χ0v) is 19.4. The number of ether oxygens (including phenoxy) is 2. The van der Waals surface area contributed by atoms with Crippen molar-refractivity contribution in [1.29, 1.82) is 0 Å². The van der Waals surface area contributed by atoms with Gasteiger partial charge in [-0.05, 0) is 49.4 Å². The summed E-state index contributed by atoms with van der Waals surface area (Å²) < 4.78 is 18.0. The summed E-state index contributed by atoms with van der Waals surface area (Å²) in [6.07, 6.45) is 10.2. The monoisotopic (exact) mass is 401 g/mol. The molecule has 4 heteroatoms. The lowest BCUT2D eigenvalue weighted by Crippen LogP contribution is -2.62. The molecule has 1 aromatic heterocycles. The topological polar surface area (TPSA) is 27.3 Å². The van der Waals surface area contributed by atoms with Crippen LogP contribution >= 0.6 is 0 Å². The van der Waals surface area contributed by atoms with E-state index < -0.39 is 0 Å². The molecule has 2 spiro atoms. The van der Waals surface area contributed by atoms with Crippen LogP contribution in [-0.4, -0.2) is 17.8 Å². The summed E-state index contributed by atoms with van der Waals surface area (Å²) >= 11 is 0. The lowest BCUT2D eigenvalue weighted by atomic mass is 9.65. The van der Waals surface area contributed by atoms with Crippen molar-refractivity contribution in [3.63, 3.8) is 0 Å². The quantitative estimate of drug-likeness (QED) is 0.642. The minimum absolute atomic E-state index is 0.108. The fourth-order valence-corrected chi connectivity index (χ4v) is 7.82. The van der Waals surface area contributed by atoms with Crippen LogP contribution in [0.3, 0.4) is 0 Å². The van der Waals surface area contributed by atoms with Crippen molar-refractivity contribution in [2.24, 2.45) is 35.5 Å². The molecule has 0 radical (unpaired) electrons. The molecule has 162 valence electrons. The molecule has 2 aliphatic carbocycles. The molecule has 0 bridgehead atoms. The van der Waals surface area contributed by atoms with Gasteiger partial charge in [0.05, 0.1) is 0 Å². The molecule has 0 aromatic carbocycles. The first-order valence-electron chi connectivity index (χ1n) is 12.2. The molecule has 4 nitrogen and oxygen atoms in total. The molecular weight excluding hydrogens is 360 g/mol. The van der Waals surface area contributed by atoms with Crippen molar-refractivity contribution in [3.05, 3.63) is 6.33 Å². The molecule has 1 aromatic rings. The van der Waals surface area contributed by atoms with Gasteiger partial charge in [0.1, 0.15) is 13.2 Å². The highest BCUT2D eigenvalue weighted by atomic mass is 16.5. The van der Waals surface area contributed by atoms with Gasteiger partial charge in [0.25, 0.3) is 6.33 Å². The van der Waals surface area contributed by atoms with Gasteiger partial charge >= 0.3 is 11.8 Å². The number of fused-ring (bicyclic) bond motifs is 5. The largest absolute Gasteiger partial charge is 0.452 e. The van der Waals surface area contributed by atoms with Crippen LogP contribution in [0.4, 0.5) is 0 Å². The lowest BCUT2D eigenvalue weighted by molar-refractivity contribution is -0.759. The highest BCUT2D eigenvalue weighted by Crippen LogP contribution is 2.54. The van der Waals surface area contributed by atoms with Crippen LogP contribution < -0.4 is 14.0 Å². The molecule has 0 saturated heterocycles. The predicted molar refractivity (Wildman–Crippen MR) is 114 cm³/mol. The van der Waals surface area contributed by atoms with Crippen LogP contribution in [-0.2, 0) is 11.1 Å². The molecule has 0 amide bonds. The van der Waals surface area contributed by atoms with E-state index in [1.165, 1.54) is 38.5 Å². The van der Waals surface area contributed by atoms with Crippen molar-refractivity contribution in [2.45, 2.75) is 91.1 Å². The average Bonchev–Trinajstić information content (AvgIpc) is 3.28. The van der Waals surface area contributed by atoms with Crippen LogP contribution in [0.1, 0.15) is 80.1 Å². The van der Waals surface area contributed by atoms with Crippen LogP contribution in [0.5, 0.6) is 11.8 Å². The fourth-order valence-electron chi connectivity index (χ4n) is 7.82. The molecule has 3 heterocycles. The Balaban J connectivity index is 1.61. The first-order valence-corrected chi connectivity index (χ1v) is 12.2. The van der Waals surface area contributed by atoms with E-state index in [0.29, 0.717) is 23.7 Å². The summed E-state index contributed by atoms with van der Waals surface area (Å²) in [7, 11) is 0. The number of rotatable bonds is 2. The third-order valence-corrected chi connectivity index (χ3v) is 9.06. The van der Waals surface area contributed by atoms with Gasteiger partial charge in [-0.25, -0.2) is 0 Å². The number of hydrogen-bond donors (Lipinski definition) is 0. The van der Waals surface area contributed by atoms with E-state index in [2.05, 4.69) is 57.0 Å². The Morgan fingerprint density at radius 2 is 1.55 bits per heavy atom. The smallest absolute Gasteiger partial charge is 0.373 e. The van der Waals surface area contributed by atoms with Crippen molar-refractivity contribution < 1.29 is 14.0 Å². The van der Waals surface area contributed by atoms with Crippen LogP contribution in [0, 0.1) is 35.5 Å². The van der Waals surface area contributed by atoms with E-state index in [0.717, 1.165) is 36.8 Å². The minimum Gasteiger partial charge on any atom is -0.452 e. The Morgan fingerprint density at radius 3 is 2.24 bits per heavy atom. The second-order valence-electron chi connectivity index (χ2n) is 11.7. The second-order valence-corrected chi connectivity index (χ2v) is 11.7. The van der Waals surface area contributed by atoms with E-state index in [1.54, 1.807) is 0 Å². The number of aromatic nitrogens is 2. The van der Waals surface area contributed by atoms with E-state index in [-0.39, 0.29) is 11.1 Å². The van der Waals surface area contributed by atoms with Gasteiger partial charge in [0, 0.05) is 11.8 Å². The maximum atomic E-state index is 6.48. The van der Waals surface area contributed by atoms with Crippen LogP contribution in [0.25, 0.3) is 0 Å². The van der Waals surface area contributed by atoms with E-state index in [4.69, 9.17) is 9.47 Å². The molecular formula is C25H41N2O2+. The Labute approximate surface area is 177 Å². The summed E-state index contributed by atoms with van der Waals surface area (Å²) in [5.41, 5.74) is 0.216. The molecule has 5 rings (SSSR count). The standard InChI is InChI=1S/C25H41N2O2/c1-16(2)20-9-7-18(5)11-24(20)13-28-22-23-27(15-26(22)24)25(14-29-23)12-19(6)8-10-21(25)17(3)4/h15-21H,7-14H2,1-6H3/q+1/t18-,19?,20?,21-,24-,25-/m1/s1. The van der Waals surface area contributed by atoms with Crippen LogP contribution in [0.2, 0.25) is 0 Å². The van der Waals surface area contributed by atoms with E-state index in [1.807, 2.05) is 0 Å². The van der Waals surface area contributed by atoms with Crippen LogP contribution in [0.15, 0.2) is 6.33 Å². The van der Waals surface area contributed by atoms with E-state index in [9.17, 15) is 0 Å². The van der Waals surface area contributed by atoms with Gasteiger partial charge in [0.2, 0.25) is 0 Å². The van der Waals surface area contributed by atoms with Gasteiger partial charge in [-0.15, -0.1) is 0 Å². The summed E-state index contributed by atoms with van der Waals surface area (Å²) in [4.78, 5) is 0. The normalized spacial score (nSPS) is 41.1. The first kappa shape index (κ1) is 19.8. The van der Waals surface area contributed by atoms with Crippen molar-refractivity contribution in [1.82, 2.24) is 4.57 Å². The number of hydrogen-bond acceptors (Lipinski definition) is 2. The molecule has 29 heavy (non-hydrogen) atoms. The van der Waals surface area contributed by atoms with Gasteiger partial charge in [-0.2, -0.15) is 9.13 Å². The highest BCUT2D eigenvalue weighted by Gasteiger charge is 2.62. The fraction of sp³-hybridized carbons (Fsp3) is 0.880. The molecule has 2 fully saturated rings. The zero-order valence-electron chi connectivity index (χ0n) is 19.4. The third-order valence-electron chi connectivity index (χ3n) is 9.06. The molecule has 2 saturated carbocycles. The summed E-state index contributed by atoms with van der Waals surface area (Å²) in [6.45, 7) is 16.1. The van der Waals surface area contributed by atoms with Crippen molar-refractivity contribution in [2.75, 3.05) is 13.2 Å². The average molecular weight is 402 g/mol. The Bertz CT molecular complexity index is 722. The van der Waals surface area contributed by atoms with Gasteiger partial charge in [-0.3, -0.25) is 0 Å². The zero-order chi connectivity index (χ0) is 20.6. The molecule has 2 aliphatic heterocycles. The number of imidazole rings is 1. The Hall–Kier alpha value is -1.19. The van der Waals surface area contributed by atoms with Crippen molar-refractivity contribution in [3.8, 4) is 11.8 Å². The Morgan fingerprint density at radius 1 is 0.897 bits per heavy atom. The van der Waals surface area contributed by atoms with Gasteiger partial charge < -0.3 is 9.47 Å². The molecule has 0 N–H and O–H groups in total. The minimum atomic E-state index is 0.108. The molecule has 6 atom stereocenters. The number of nitrogens with zero attached hydrogens (tertiary/aromatic N) is 2. The SMILES string of the molecule is CC1CC[C@H](C(C)C)[C@]2(COc3c4[n+](cn32)[C@@]2(CO4)C[C@H](C)CCC2C(C)C)C1. The lowest BCUT2D eigenvalue weighted by Gasteiger charge is -2.43. The molecule has 2 unspecified atom stereocenters. The maximum Gasteiger partial charge on any atom is 0.373 e. The third kappa shape index (κ3) is 2.66. The van der Waals surface area contributed by atoms with Gasteiger partial charge in [-0.1, -0.05) is 54.4 Å². The summed E-state index contributed by atoms with van der Waals surface area (Å²) in [6, 6.07) is 0. The summed E-state index contributed by atoms with van der Waals surface area (Å²) in [5, 5.41) is 0. The highest BCUT2D eigenvalue weighted by molar-refractivity contribution is 5.30. The maximum absolute atomic E-state index is 6.48. The van der Waals surface area contributed by atoms with Gasteiger partial charge in [0.15, 0.2) is 11.1 Å². The predicted octanol–water partition coefficient (Wildman–Crippen LogP) is 5.14. The Kier molecular flexibility index (Phi) is 4.53. The first-order chi connectivity index (χ1) is 13.8. The summed E-state index contributed by atoms with van der Waals surface area (Å²) in [5.74, 6) is 6.25. The second kappa shape index (κ2) is 6.65. The van der Waals surface area contributed by atoms with Crippen molar-refractivity contribution >= 4 is 0 Å². The van der Waals surface area contributed by atoms with E-state index >= 15 is 0 Å².